The van der Waals surface area contributed by atoms with E-state index in [0.717, 1.165) is 27.3 Å². The van der Waals surface area contributed by atoms with Crippen molar-refractivity contribution < 1.29 is 0 Å². The molecule has 0 radical (unpaired) electrons. The second-order valence-electron chi connectivity index (χ2n) is 5.58. The minimum absolute atomic E-state index is 0.673. The third kappa shape index (κ3) is 3.41. The van der Waals surface area contributed by atoms with Crippen LogP contribution in [0.3, 0.4) is 0 Å². The predicted octanol–water partition coefficient (Wildman–Crippen LogP) is 6.48. The van der Waals surface area contributed by atoms with Crippen LogP contribution in [0.25, 0.3) is 10.2 Å². The normalized spacial score (nSPS) is 11.2. The molecule has 0 spiro atoms. The Balaban J connectivity index is 1.52. The van der Waals surface area contributed by atoms with Crippen LogP contribution in [0.2, 0.25) is 0 Å². The van der Waals surface area contributed by atoms with Crippen LogP contribution in [0.5, 0.6) is 0 Å². The number of azo groups is 1. The smallest absolute Gasteiger partial charge is 0.231 e. The maximum Gasteiger partial charge on any atom is 0.231 e. The molecule has 3 aromatic carbocycles. The van der Waals surface area contributed by atoms with Gasteiger partial charge in [-0.15, -0.1) is 10.2 Å². The molecule has 0 bridgehead atoms. The fraction of sp³-hybridized carbons (Fsp3) is 0.0500. The summed E-state index contributed by atoms with van der Waals surface area (Å²) in [6.45, 7) is 0. The minimum atomic E-state index is 0.673. The van der Waals surface area contributed by atoms with Crippen molar-refractivity contribution >= 4 is 43.7 Å². The number of fused-ring (bicyclic) bond motifs is 1. The first-order valence-electron chi connectivity index (χ1n) is 7.96. The molecule has 122 valence electrons. The standard InChI is InChI=1S/C20H16N4S/c1-24(16-7-3-2-4-8-16)17-13-11-15(12-14-17)22-23-20-21-18-9-5-6-10-19(18)25-20/h2-14H,1H3. The lowest BCUT2D eigenvalue weighted by Gasteiger charge is -2.19. The molecule has 4 rings (SSSR count). The molecular weight excluding hydrogens is 328 g/mol. The molecule has 0 N–H and O–H groups in total. The monoisotopic (exact) mass is 344 g/mol. The van der Waals surface area contributed by atoms with Gasteiger partial charge in [-0.25, -0.2) is 4.98 Å². The Hall–Kier alpha value is -3.05. The summed E-state index contributed by atoms with van der Waals surface area (Å²) < 4.78 is 1.12. The SMILES string of the molecule is CN(c1ccccc1)c1ccc(N=Nc2nc3ccccc3s2)cc1. The molecule has 0 fully saturated rings. The Bertz CT molecular complexity index is 974. The predicted molar refractivity (Wildman–Crippen MR) is 105 cm³/mol. The highest BCUT2D eigenvalue weighted by molar-refractivity contribution is 7.21. The van der Waals surface area contributed by atoms with Gasteiger partial charge in [0.15, 0.2) is 0 Å². The van der Waals surface area contributed by atoms with Crippen molar-refractivity contribution in [1.82, 2.24) is 4.98 Å². The van der Waals surface area contributed by atoms with Crippen molar-refractivity contribution in [3.8, 4) is 0 Å². The number of aromatic nitrogens is 1. The molecule has 5 heteroatoms. The van der Waals surface area contributed by atoms with Crippen molar-refractivity contribution in [2.24, 2.45) is 10.2 Å². The van der Waals surface area contributed by atoms with E-state index < -0.39 is 0 Å². The molecule has 0 aliphatic carbocycles. The van der Waals surface area contributed by atoms with Crippen LogP contribution < -0.4 is 4.90 Å². The van der Waals surface area contributed by atoms with Gasteiger partial charge >= 0.3 is 0 Å². The largest absolute Gasteiger partial charge is 0.345 e. The Morgan fingerprint density at radius 1 is 0.760 bits per heavy atom. The second kappa shape index (κ2) is 6.83. The van der Waals surface area contributed by atoms with Gasteiger partial charge in [0.05, 0.1) is 15.9 Å². The summed E-state index contributed by atoms with van der Waals surface area (Å²) in [4.78, 5) is 6.60. The van der Waals surface area contributed by atoms with Gasteiger partial charge in [-0.2, -0.15) is 0 Å². The number of thiazole rings is 1. The van der Waals surface area contributed by atoms with Gasteiger partial charge in [0.2, 0.25) is 5.13 Å². The minimum Gasteiger partial charge on any atom is -0.345 e. The number of hydrogen-bond donors (Lipinski definition) is 0. The number of benzene rings is 3. The van der Waals surface area contributed by atoms with E-state index in [9.17, 15) is 0 Å². The number of rotatable bonds is 4. The highest BCUT2D eigenvalue weighted by Gasteiger charge is 2.04. The van der Waals surface area contributed by atoms with Crippen LogP contribution in [0.4, 0.5) is 22.2 Å². The molecule has 4 aromatic rings. The lowest BCUT2D eigenvalue weighted by molar-refractivity contribution is 1.19. The maximum atomic E-state index is 4.46. The second-order valence-corrected chi connectivity index (χ2v) is 6.58. The molecule has 0 unspecified atom stereocenters. The Labute approximate surface area is 150 Å². The molecule has 0 atom stereocenters. The zero-order valence-corrected chi connectivity index (χ0v) is 14.5. The van der Waals surface area contributed by atoms with E-state index in [4.69, 9.17) is 0 Å². The van der Waals surface area contributed by atoms with E-state index in [1.165, 1.54) is 0 Å². The first kappa shape index (κ1) is 15.5. The molecule has 0 saturated carbocycles. The molecule has 1 aromatic heterocycles. The average molecular weight is 344 g/mol. The summed E-state index contributed by atoms with van der Waals surface area (Å²) in [5.74, 6) is 0. The van der Waals surface area contributed by atoms with Crippen molar-refractivity contribution in [1.29, 1.82) is 0 Å². The summed E-state index contributed by atoms with van der Waals surface area (Å²) in [5, 5.41) is 9.24. The Morgan fingerprint density at radius 3 is 2.20 bits per heavy atom. The van der Waals surface area contributed by atoms with Gasteiger partial charge in [0, 0.05) is 18.4 Å². The number of para-hydroxylation sites is 2. The van der Waals surface area contributed by atoms with Gasteiger partial charge in [0.1, 0.15) is 0 Å². The van der Waals surface area contributed by atoms with Crippen LogP contribution in [-0.4, -0.2) is 12.0 Å². The summed E-state index contributed by atoms with van der Waals surface area (Å²) >= 11 is 1.54. The lowest BCUT2D eigenvalue weighted by Crippen LogP contribution is -2.08. The third-order valence-electron chi connectivity index (χ3n) is 3.91. The van der Waals surface area contributed by atoms with Crippen LogP contribution in [0.1, 0.15) is 0 Å². The highest BCUT2D eigenvalue weighted by Crippen LogP contribution is 2.30. The van der Waals surface area contributed by atoms with Crippen LogP contribution >= 0.6 is 11.3 Å². The summed E-state index contributed by atoms with van der Waals surface area (Å²) in [5.41, 5.74) is 4.02. The summed E-state index contributed by atoms with van der Waals surface area (Å²) in [6, 6.07) is 26.3. The number of nitrogens with zero attached hydrogens (tertiary/aromatic N) is 4. The van der Waals surface area contributed by atoms with Gasteiger partial charge in [-0.1, -0.05) is 41.7 Å². The number of hydrogen-bond acceptors (Lipinski definition) is 5. The zero-order valence-electron chi connectivity index (χ0n) is 13.7. The van der Waals surface area contributed by atoms with E-state index in [-0.39, 0.29) is 0 Å². The van der Waals surface area contributed by atoms with Crippen molar-refractivity contribution in [3.05, 3.63) is 78.9 Å². The quantitative estimate of drug-likeness (QED) is 0.398. The van der Waals surface area contributed by atoms with E-state index in [2.05, 4.69) is 32.2 Å². The van der Waals surface area contributed by atoms with Gasteiger partial charge in [-0.3, -0.25) is 0 Å². The van der Waals surface area contributed by atoms with Crippen LogP contribution in [-0.2, 0) is 0 Å². The Kier molecular flexibility index (Phi) is 4.23. The van der Waals surface area contributed by atoms with E-state index in [1.807, 2.05) is 73.8 Å². The van der Waals surface area contributed by atoms with E-state index in [1.54, 1.807) is 11.3 Å². The van der Waals surface area contributed by atoms with E-state index >= 15 is 0 Å². The molecule has 4 nitrogen and oxygen atoms in total. The van der Waals surface area contributed by atoms with Crippen LogP contribution in [0, 0.1) is 0 Å². The number of anilines is 2. The first-order chi connectivity index (χ1) is 12.3. The molecule has 0 amide bonds. The molecule has 25 heavy (non-hydrogen) atoms. The third-order valence-corrected chi connectivity index (χ3v) is 4.83. The maximum absolute atomic E-state index is 4.46. The van der Waals surface area contributed by atoms with Crippen molar-refractivity contribution in [2.45, 2.75) is 0 Å². The Morgan fingerprint density at radius 2 is 1.44 bits per heavy atom. The molecule has 0 aliphatic heterocycles. The lowest BCUT2D eigenvalue weighted by atomic mass is 10.2. The first-order valence-corrected chi connectivity index (χ1v) is 8.77. The summed E-state index contributed by atoms with van der Waals surface area (Å²) in [6.07, 6.45) is 0. The topological polar surface area (TPSA) is 40.9 Å². The molecule has 0 aliphatic rings. The van der Waals surface area contributed by atoms with Crippen molar-refractivity contribution in [3.63, 3.8) is 0 Å². The van der Waals surface area contributed by atoms with Gasteiger partial charge < -0.3 is 4.90 Å². The molecular formula is C20H16N4S. The molecule has 0 saturated heterocycles. The van der Waals surface area contributed by atoms with Crippen LogP contribution in [0.15, 0.2) is 89.1 Å². The molecule has 1 heterocycles. The highest BCUT2D eigenvalue weighted by atomic mass is 32.1. The van der Waals surface area contributed by atoms with Gasteiger partial charge in [0.25, 0.3) is 0 Å². The van der Waals surface area contributed by atoms with Gasteiger partial charge in [-0.05, 0) is 48.5 Å². The zero-order chi connectivity index (χ0) is 17.1. The van der Waals surface area contributed by atoms with E-state index in [0.29, 0.717) is 5.13 Å². The average Bonchev–Trinajstić information content (AvgIpc) is 3.10. The van der Waals surface area contributed by atoms with Crippen molar-refractivity contribution in [2.75, 3.05) is 11.9 Å². The fourth-order valence-corrected chi connectivity index (χ4v) is 3.33. The summed E-state index contributed by atoms with van der Waals surface area (Å²) in [7, 11) is 2.05. The fourth-order valence-electron chi connectivity index (χ4n) is 2.55.